The molecule has 0 saturated heterocycles. The summed E-state index contributed by atoms with van der Waals surface area (Å²) in [7, 11) is 0. The summed E-state index contributed by atoms with van der Waals surface area (Å²) in [6.07, 6.45) is 0. The fourth-order valence-corrected chi connectivity index (χ4v) is 4.70. The van der Waals surface area contributed by atoms with Crippen LogP contribution in [-0.2, 0) is 5.41 Å². The summed E-state index contributed by atoms with van der Waals surface area (Å²) < 4.78 is 2.83. The molecule has 0 fully saturated rings. The van der Waals surface area contributed by atoms with Crippen LogP contribution >= 0.6 is 11.3 Å². The Morgan fingerprint density at radius 2 is 1.58 bits per heavy atom. The van der Waals surface area contributed by atoms with Crippen LogP contribution in [0.15, 0.2) is 72.2 Å². The molecule has 33 heavy (non-hydrogen) atoms. The molecule has 2 aromatic heterocycles. The van der Waals surface area contributed by atoms with Gasteiger partial charge in [0, 0.05) is 5.41 Å². The van der Waals surface area contributed by atoms with Crippen molar-refractivity contribution in [3.8, 4) is 16.8 Å². The molecule has 0 aliphatic heterocycles. The van der Waals surface area contributed by atoms with Crippen LogP contribution in [0.1, 0.15) is 41.4 Å². The van der Waals surface area contributed by atoms with Crippen LogP contribution in [0.4, 0.5) is 0 Å². The Bertz CT molecular complexity index is 1460. The van der Waals surface area contributed by atoms with Crippen LogP contribution in [-0.4, -0.2) is 25.7 Å². The summed E-state index contributed by atoms with van der Waals surface area (Å²) in [4.78, 5) is 19.9. The number of carbonyl (C=O) groups is 1. The third-order valence-corrected chi connectivity index (χ3v) is 6.90. The molecule has 1 amide bonds. The lowest BCUT2D eigenvalue weighted by Gasteiger charge is -2.26. The van der Waals surface area contributed by atoms with Crippen molar-refractivity contribution < 1.29 is 4.79 Å². The number of amides is 1. The van der Waals surface area contributed by atoms with Crippen molar-refractivity contribution in [1.29, 1.82) is 0 Å². The number of aryl methyl sites for hydroxylation is 1. The Kier molecular flexibility index (Phi) is 5.06. The van der Waals surface area contributed by atoms with E-state index in [4.69, 9.17) is 5.73 Å². The molecule has 0 spiro atoms. The van der Waals surface area contributed by atoms with E-state index in [0.717, 1.165) is 11.2 Å². The maximum absolute atomic E-state index is 11.4. The first kappa shape index (κ1) is 21.0. The number of aromatic nitrogens is 4. The van der Waals surface area contributed by atoms with Gasteiger partial charge in [-0.15, -0.1) is 16.4 Å². The molecule has 0 atom stereocenters. The Balaban J connectivity index is 1.41. The van der Waals surface area contributed by atoms with E-state index >= 15 is 0 Å². The van der Waals surface area contributed by atoms with Gasteiger partial charge in [0.1, 0.15) is 5.82 Å². The van der Waals surface area contributed by atoms with E-state index in [9.17, 15) is 4.79 Å². The van der Waals surface area contributed by atoms with Crippen LogP contribution in [0.25, 0.3) is 27.0 Å². The number of hydrogen-bond donors (Lipinski definition) is 1. The molecule has 5 aromatic rings. The van der Waals surface area contributed by atoms with Gasteiger partial charge in [0.2, 0.25) is 5.82 Å². The van der Waals surface area contributed by atoms with Crippen LogP contribution in [0.5, 0.6) is 0 Å². The Labute approximate surface area is 195 Å². The zero-order valence-electron chi connectivity index (χ0n) is 18.6. The number of fused-ring (bicyclic) bond motifs is 1. The molecule has 2 heterocycles. The minimum atomic E-state index is -0.635. The number of nitrogens with zero attached hydrogens (tertiary/aromatic N) is 4. The lowest BCUT2D eigenvalue weighted by Crippen LogP contribution is -2.19. The summed E-state index contributed by atoms with van der Waals surface area (Å²) in [5.41, 5.74) is 13.6. The minimum absolute atomic E-state index is 0.0194. The number of nitrogens with two attached hydrogens (primary N) is 1. The second kappa shape index (κ2) is 7.94. The van der Waals surface area contributed by atoms with Crippen LogP contribution in [0.3, 0.4) is 0 Å². The highest BCUT2D eigenvalue weighted by Gasteiger charge is 2.23. The van der Waals surface area contributed by atoms with Gasteiger partial charge in [0.05, 0.1) is 21.4 Å². The SMILES string of the molecule is Cc1nc(C(N)=O)nn1-c1ccc(C(C)(C)c2ccc(-c3ccc4scnc4c3)cc2)cc1. The molecular formula is C26H23N5OS. The molecule has 2 N–H and O–H groups in total. The number of rotatable bonds is 5. The molecule has 0 aliphatic carbocycles. The van der Waals surface area contributed by atoms with Crippen molar-refractivity contribution >= 4 is 27.5 Å². The van der Waals surface area contributed by atoms with Gasteiger partial charge in [-0.05, 0) is 53.4 Å². The molecule has 0 bridgehead atoms. The molecule has 0 radical (unpaired) electrons. The highest BCUT2D eigenvalue weighted by molar-refractivity contribution is 7.16. The normalized spacial score (nSPS) is 11.7. The van der Waals surface area contributed by atoms with Gasteiger partial charge in [-0.25, -0.2) is 14.6 Å². The Morgan fingerprint density at radius 1 is 0.939 bits per heavy atom. The van der Waals surface area contributed by atoms with Crippen LogP contribution in [0.2, 0.25) is 0 Å². The molecule has 3 aromatic carbocycles. The summed E-state index contributed by atoms with van der Waals surface area (Å²) in [5.74, 6) is -0.00211. The van der Waals surface area contributed by atoms with E-state index in [1.165, 1.54) is 27.0 Å². The lowest BCUT2D eigenvalue weighted by molar-refractivity contribution is 0.0990. The van der Waals surface area contributed by atoms with Crippen molar-refractivity contribution in [2.75, 3.05) is 0 Å². The van der Waals surface area contributed by atoms with E-state index in [1.54, 1.807) is 22.9 Å². The zero-order valence-corrected chi connectivity index (χ0v) is 19.4. The molecule has 0 aliphatic rings. The molecule has 5 rings (SSSR count). The smallest absolute Gasteiger partial charge is 0.288 e. The van der Waals surface area contributed by atoms with Crippen molar-refractivity contribution in [2.45, 2.75) is 26.2 Å². The Hall–Kier alpha value is -3.84. The molecule has 0 saturated carbocycles. The van der Waals surface area contributed by atoms with Gasteiger partial charge in [0.15, 0.2) is 0 Å². The zero-order chi connectivity index (χ0) is 23.2. The second-order valence-electron chi connectivity index (χ2n) is 8.54. The van der Waals surface area contributed by atoms with Crippen molar-refractivity contribution in [3.05, 3.63) is 95.0 Å². The maximum Gasteiger partial charge on any atom is 0.288 e. The summed E-state index contributed by atoms with van der Waals surface area (Å²) in [5, 5.41) is 4.21. The van der Waals surface area contributed by atoms with E-state index in [-0.39, 0.29) is 11.2 Å². The number of thiazole rings is 1. The van der Waals surface area contributed by atoms with E-state index < -0.39 is 5.91 Å². The standard InChI is InChI=1S/C26H23N5OS/c1-16-29-25(24(27)32)30-31(16)21-11-9-20(10-12-21)26(2,3)19-7-4-17(5-8-19)18-6-13-23-22(14-18)28-15-33-23/h4-15H,1-3H3,(H2,27,32). The first-order valence-electron chi connectivity index (χ1n) is 10.6. The fourth-order valence-electron chi connectivity index (χ4n) is 4.04. The van der Waals surface area contributed by atoms with Crippen molar-refractivity contribution in [3.63, 3.8) is 0 Å². The highest BCUT2D eigenvalue weighted by Crippen LogP contribution is 2.34. The average molecular weight is 454 g/mol. The maximum atomic E-state index is 11.4. The molecule has 164 valence electrons. The first-order valence-corrected chi connectivity index (χ1v) is 11.5. The molecule has 7 heteroatoms. The third kappa shape index (κ3) is 3.81. The van der Waals surface area contributed by atoms with E-state index in [1.807, 2.05) is 17.6 Å². The van der Waals surface area contributed by atoms with Gasteiger partial charge in [-0.2, -0.15) is 0 Å². The van der Waals surface area contributed by atoms with E-state index in [2.05, 4.69) is 83.5 Å². The predicted octanol–water partition coefficient (Wildman–Crippen LogP) is 5.28. The molecule has 0 unspecified atom stereocenters. The van der Waals surface area contributed by atoms with Gasteiger partial charge in [0.25, 0.3) is 5.91 Å². The third-order valence-electron chi connectivity index (χ3n) is 6.09. The van der Waals surface area contributed by atoms with Gasteiger partial charge < -0.3 is 5.73 Å². The predicted molar refractivity (Wildman–Crippen MR) is 132 cm³/mol. The monoisotopic (exact) mass is 453 g/mol. The van der Waals surface area contributed by atoms with Gasteiger partial charge >= 0.3 is 0 Å². The molecule has 6 nitrogen and oxygen atoms in total. The van der Waals surface area contributed by atoms with Gasteiger partial charge in [-0.1, -0.05) is 56.3 Å². The summed E-state index contributed by atoms with van der Waals surface area (Å²) >= 11 is 1.66. The minimum Gasteiger partial charge on any atom is -0.363 e. The summed E-state index contributed by atoms with van der Waals surface area (Å²) in [6, 6.07) is 23.3. The topological polar surface area (TPSA) is 86.7 Å². The van der Waals surface area contributed by atoms with Crippen LogP contribution < -0.4 is 5.73 Å². The quantitative estimate of drug-likeness (QED) is 0.392. The largest absolute Gasteiger partial charge is 0.363 e. The average Bonchev–Trinajstić information content (AvgIpc) is 3.45. The van der Waals surface area contributed by atoms with Gasteiger partial charge in [-0.3, -0.25) is 4.79 Å². The number of benzene rings is 3. The number of carbonyl (C=O) groups excluding carboxylic acids is 1. The highest BCUT2D eigenvalue weighted by atomic mass is 32.1. The first-order chi connectivity index (χ1) is 15.8. The second-order valence-corrected chi connectivity index (χ2v) is 9.43. The fraction of sp³-hybridized carbons (Fsp3) is 0.154. The molecular weight excluding hydrogens is 430 g/mol. The Morgan fingerprint density at radius 3 is 2.21 bits per heavy atom. The lowest BCUT2D eigenvalue weighted by atomic mass is 9.78. The summed E-state index contributed by atoms with van der Waals surface area (Å²) in [6.45, 7) is 6.22. The van der Waals surface area contributed by atoms with E-state index in [0.29, 0.717) is 5.82 Å². The number of primary amides is 1. The number of hydrogen-bond acceptors (Lipinski definition) is 5. The van der Waals surface area contributed by atoms with Crippen molar-refractivity contribution in [1.82, 2.24) is 19.7 Å². The van der Waals surface area contributed by atoms with Crippen LogP contribution in [0, 0.1) is 6.92 Å². The van der Waals surface area contributed by atoms with Crippen molar-refractivity contribution in [2.24, 2.45) is 5.73 Å².